The minimum atomic E-state index is -0.236. The SMILES string of the molecule is N#Cc1cccnc1N1CCN(C(C(=O)N2CCCC2)c2ccccc2)CC1. The molecule has 3 heterocycles. The normalized spacial score (nSPS) is 18.7. The van der Waals surface area contributed by atoms with E-state index < -0.39 is 0 Å². The van der Waals surface area contributed by atoms with E-state index in [2.05, 4.69) is 33.0 Å². The topological polar surface area (TPSA) is 63.5 Å². The van der Waals surface area contributed by atoms with Crippen molar-refractivity contribution >= 4 is 11.7 Å². The Kier molecular flexibility index (Phi) is 5.54. The van der Waals surface area contributed by atoms with Crippen LogP contribution >= 0.6 is 0 Å². The van der Waals surface area contributed by atoms with Crippen LogP contribution in [-0.4, -0.2) is 60.0 Å². The number of benzene rings is 1. The largest absolute Gasteiger partial charge is 0.353 e. The Morgan fingerprint density at radius 2 is 1.68 bits per heavy atom. The molecule has 28 heavy (non-hydrogen) atoms. The lowest BCUT2D eigenvalue weighted by molar-refractivity contribution is -0.136. The second-order valence-corrected chi connectivity index (χ2v) is 7.36. The number of nitriles is 1. The first-order valence-corrected chi connectivity index (χ1v) is 9.96. The maximum atomic E-state index is 13.3. The van der Waals surface area contributed by atoms with Crippen LogP contribution in [0.1, 0.15) is 30.0 Å². The van der Waals surface area contributed by atoms with Crippen LogP contribution in [0, 0.1) is 11.3 Å². The summed E-state index contributed by atoms with van der Waals surface area (Å²) in [4.78, 5) is 24.2. The Labute approximate surface area is 166 Å². The summed E-state index contributed by atoms with van der Waals surface area (Å²) in [5, 5.41) is 9.35. The lowest BCUT2D eigenvalue weighted by atomic mass is 10.0. The smallest absolute Gasteiger partial charge is 0.244 e. The van der Waals surface area contributed by atoms with E-state index in [0.717, 1.165) is 63.5 Å². The minimum absolute atomic E-state index is 0.215. The van der Waals surface area contributed by atoms with Gasteiger partial charge in [-0.2, -0.15) is 5.26 Å². The number of nitrogens with zero attached hydrogens (tertiary/aromatic N) is 5. The highest BCUT2D eigenvalue weighted by Crippen LogP contribution is 2.28. The molecule has 0 N–H and O–H groups in total. The van der Waals surface area contributed by atoms with Crippen LogP contribution in [0.2, 0.25) is 0 Å². The fraction of sp³-hybridized carbons (Fsp3) is 0.409. The molecule has 2 aliphatic heterocycles. The first kappa shape index (κ1) is 18.5. The summed E-state index contributed by atoms with van der Waals surface area (Å²) in [5.41, 5.74) is 1.66. The number of amides is 1. The zero-order valence-electron chi connectivity index (χ0n) is 16.0. The van der Waals surface area contributed by atoms with Gasteiger partial charge < -0.3 is 9.80 Å². The van der Waals surface area contributed by atoms with Gasteiger partial charge in [0.05, 0.1) is 5.56 Å². The molecule has 1 aromatic heterocycles. The number of hydrogen-bond acceptors (Lipinski definition) is 5. The van der Waals surface area contributed by atoms with Gasteiger partial charge in [-0.1, -0.05) is 30.3 Å². The summed E-state index contributed by atoms with van der Waals surface area (Å²) in [7, 11) is 0. The molecule has 1 amide bonds. The average Bonchev–Trinajstić information content (AvgIpc) is 3.30. The van der Waals surface area contributed by atoms with Gasteiger partial charge in [-0.05, 0) is 30.5 Å². The molecule has 1 atom stereocenters. The third-order valence-corrected chi connectivity index (χ3v) is 5.65. The summed E-state index contributed by atoms with van der Waals surface area (Å²) >= 11 is 0. The van der Waals surface area contributed by atoms with E-state index in [0.29, 0.717) is 5.56 Å². The van der Waals surface area contributed by atoms with Crippen molar-refractivity contribution < 1.29 is 4.79 Å². The molecule has 2 fully saturated rings. The quantitative estimate of drug-likeness (QED) is 0.821. The van der Waals surface area contributed by atoms with Crippen molar-refractivity contribution in [3.05, 3.63) is 59.8 Å². The molecule has 0 aliphatic carbocycles. The van der Waals surface area contributed by atoms with E-state index in [4.69, 9.17) is 0 Å². The minimum Gasteiger partial charge on any atom is -0.353 e. The van der Waals surface area contributed by atoms with Crippen molar-refractivity contribution in [1.82, 2.24) is 14.8 Å². The maximum absolute atomic E-state index is 13.3. The molecule has 0 spiro atoms. The van der Waals surface area contributed by atoms with Crippen LogP contribution in [-0.2, 0) is 4.79 Å². The van der Waals surface area contributed by atoms with E-state index in [1.165, 1.54) is 0 Å². The van der Waals surface area contributed by atoms with Gasteiger partial charge in [0, 0.05) is 45.5 Å². The van der Waals surface area contributed by atoms with Crippen LogP contribution < -0.4 is 4.90 Å². The van der Waals surface area contributed by atoms with Crippen LogP contribution in [0.5, 0.6) is 0 Å². The summed E-state index contributed by atoms with van der Waals surface area (Å²) in [5.74, 6) is 0.958. The van der Waals surface area contributed by atoms with E-state index in [-0.39, 0.29) is 11.9 Å². The van der Waals surface area contributed by atoms with Crippen LogP contribution in [0.4, 0.5) is 5.82 Å². The number of carbonyl (C=O) groups excluding carboxylic acids is 1. The first-order chi connectivity index (χ1) is 13.8. The number of likely N-dealkylation sites (tertiary alicyclic amines) is 1. The number of anilines is 1. The molecule has 1 aromatic carbocycles. The molecule has 144 valence electrons. The number of rotatable bonds is 4. The summed E-state index contributed by atoms with van der Waals surface area (Å²) < 4.78 is 0. The van der Waals surface area contributed by atoms with Crippen molar-refractivity contribution in [2.45, 2.75) is 18.9 Å². The second-order valence-electron chi connectivity index (χ2n) is 7.36. The van der Waals surface area contributed by atoms with Gasteiger partial charge in [0.25, 0.3) is 0 Å². The van der Waals surface area contributed by atoms with Crippen LogP contribution in [0.25, 0.3) is 0 Å². The highest BCUT2D eigenvalue weighted by molar-refractivity contribution is 5.83. The Hall–Kier alpha value is -2.91. The zero-order chi connectivity index (χ0) is 19.3. The third-order valence-electron chi connectivity index (χ3n) is 5.65. The van der Waals surface area contributed by atoms with Gasteiger partial charge in [-0.15, -0.1) is 0 Å². The number of carbonyl (C=O) groups is 1. The highest BCUT2D eigenvalue weighted by atomic mass is 16.2. The van der Waals surface area contributed by atoms with Crippen molar-refractivity contribution in [2.24, 2.45) is 0 Å². The molecule has 1 unspecified atom stereocenters. The van der Waals surface area contributed by atoms with Gasteiger partial charge in [-0.25, -0.2) is 4.98 Å². The molecule has 0 radical (unpaired) electrons. The maximum Gasteiger partial charge on any atom is 0.244 e. The monoisotopic (exact) mass is 375 g/mol. The van der Waals surface area contributed by atoms with E-state index >= 15 is 0 Å². The molecular formula is C22H25N5O. The lowest BCUT2D eigenvalue weighted by Crippen LogP contribution is -2.51. The van der Waals surface area contributed by atoms with Crippen molar-refractivity contribution in [3.63, 3.8) is 0 Å². The fourth-order valence-electron chi connectivity index (χ4n) is 4.18. The van der Waals surface area contributed by atoms with Crippen LogP contribution in [0.15, 0.2) is 48.7 Å². The fourth-order valence-corrected chi connectivity index (χ4v) is 4.18. The Bertz CT molecular complexity index is 849. The molecule has 6 nitrogen and oxygen atoms in total. The summed E-state index contributed by atoms with van der Waals surface area (Å²) in [6, 6.07) is 15.7. The van der Waals surface area contributed by atoms with Crippen molar-refractivity contribution in [2.75, 3.05) is 44.2 Å². The van der Waals surface area contributed by atoms with Gasteiger partial charge in [0.15, 0.2) is 0 Å². The molecule has 2 aliphatic rings. The third kappa shape index (κ3) is 3.71. The molecular weight excluding hydrogens is 350 g/mol. The number of hydrogen-bond donors (Lipinski definition) is 0. The molecule has 6 heteroatoms. The highest BCUT2D eigenvalue weighted by Gasteiger charge is 2.34. The van der Waals surface area contributed by atoms with Crippen molar-refractivity contribution in [1.29, 1.82) is 5.26 Å². The number of pyridine rings is 1. The number of piperazine rings is 1. The van der Waals surface area contributed by atoms with Gasteiger partial charge in [0.2, 0.25) is 5.91 Å². The zero-order valence-corrected chi connectivity index (χ0v) is 16.0. The number of aromatic nitrogens is 1. The molecule has 0 saturated carbocycles. The Balaban J connectivity index is 1.52. The molecule has 2 saturated heterocycles. The predicted octanol–water partition coefficient (Wildman–Crippen LogP) is 2.44. The molecule has 0 bridgehead atoms. The molecule has 2 aromatic rings. The van der Waals surface area contributed by atoms with Crippen LogP contribution in [0.3, 0.4) is 0 Å². The Morgan fingerprint density at radius 3 is 2.36 bits per heavy atom. The standard InChI is InChI=1S/C22H25N5O/c23-17-19-9-6-10-24-21(19)26-15-13-25(14-16-26)20(18-7-2-1-3-8-18)22(28)27-11-4-5-12-27/h1-3,6-10,20H,4-5,11-16H2. The summed E-state index contributed by atoms with van der Waals surface area (Å²) in [6.07, 6.45) is 3.92. The summed E-state index contributed by atoms with van der Waals surface area (Å²) in [6.45, 7) is 4.76. The lowest BCUT2D eigenvalue weighted by Gasteiger charge is -2.40. The average molecular weight is 375 g/mol. The Morgan fingerprint density at radius 1 is 0.964 bits per heavy atom. The molecule has 4 rings (SSSR count). The van der Waals surface area contributed by atoms with Gasteiger partial charge in [0.1, 0.15) is 17.9 Å². The van der Waals surface area contributed by atoms with E-state index in [1.807, 2.05) is 23.1 Å². The predicted molar refractivity (Wildman–Crippen MR) is 108 cm³/mol. The first-order valence-electron chi connectivity index (χ1n) is 9.96. The van der Waals surface area contributed by atoms with Gasteiger partial charge in [-0.3, -0.25) is 9.69 Å². The van der Waals surface area contributed by atoms with E-state index in [1.54, 1.807) is 18.3 Å². The second kappa shape index (κ2) is 8.41. The van der Waals surface area contributed by atoms with Crippen molar-refractivity contribution in [3.8, 4) is 6.07 Å². The van der Waals surface area contributed by atoms with Gasteiger partial charge >= 0.3 is 0 Å². The van der Waals surface area contributed by atoms with E-state index in [9.17, 15) is 10.1 Å².